The van der Waals surface area contributed by atoms with Gasteiger partial charge in [0.1, 0.15) is 4.90 Å². The van der Waals surface area contributed by atoms with E-state index in [1.165, 1.54) is 10.2 Å². The van der Waals surface area contributed by atoms with Crippen molar-refractivity contribution < 1.29 is 8.42 Å². The molecule has 6 nitrogen and oxygen atoms in total. The summed E-state index contributed by atoms with van der Waals surface area (Å²) in [7, 11) is -3.93. The molecule has 162 valence electrons. The molecule has 1 aromatic carbocycles. The highest BCUT2D eigenvalue weighted by atomic mass is 32.2. The second kappa shape index (κ2) is 8.85. The molecule has 3 aromatic heterocycles. The van der Waals surface area contributed by atoms with Gasteiger partial charge in [0.15, 0.2) is 5.65 Å². The van der Waals surface area contributed by atoms with E-state index >= 15 is 0 Å². The average Bonchev–Trinajstić information content (AvgIpc) is 3.39. The van der Waals surface area contributed by atoms with Gasteiger partial charge in [-0.25, -0.2) is 22.1 Å². The molecular weight excluding hydrogens is 420 g/mol. The molecule has 0 fully saturated rings. The van der Waals surface area contributed by atoms with E-state index < -0.39 is 10.0 Å². The number of hydrogen-bond acceptors (Lipinski definition) is 4. The van der Waals surface area contributed by atoms with E-state index in [-0.39, 0.29) is 4.90 Å². The summed E-state index contributed by atoms with van der Waals surface area (Å²) in [5.74, 6) is 2.63. The third-order valence-electron chi connectivity index (χ3n) is 5.37. The van der Waals surface area contributed by atoms with Gasteiger partial charge in [-0.05, 0) is 43.2 Å². The molecule has 4 rings (SSSR count). The van der Waals surface area contributed by atoms with Crippen LogP contribution in [-0.4, -0.2) is 27.2 Å². The first-order chi connectivity index (χ1) is 15.5. The highest BCUT2D eigenvalue weighted by Crippen LogP contribution is 2.32. The molecule has 0 N–H and O–H groups in total. The Labute approximate surface area is 188 Å². The molecule has 32 heavy (non-hydrogen) atoms. The number of allylic oxidation sites excluding steroid dienone is 2. The fraction of sp³-hybridized carbons (Fsp3) is 0.200. The zero-order valence-corrected chi connectivity index (χ0v) is 18.9. The second-order valence-corrected chi connectivity index (χ2v) is 9.23. The van der Waals surface area contributed by atoms with E-state index in [1.54, 1.807) is 24.0 Å². The summed E-state index contributed by atoms with van der Waals surface area (Å²) in [4.78, 5) is 4.54. The van der Waals surface area contributed by atoms with E-state index in [0.717, 1.165) is 35.1 Å². The predicted molar refractivity (Wildman–Crippen MR) is 127 cm³/mol. The van der Waals surface area contributed by atoms with Crippen molar-refractivity contribution in [1.82, 2.24) is 18.7 Å². The molecule has 0 saturated carbocycles. The van der Waals surface area contributed by atoms with E-state index in [1.807, 2.05) is 48.5 Å². The molecule has 0 aliphatic rings. The zero-order valence-electron chi connectivity index (χ0n) is 18.1. The molecular formula is C25H24N4O2S. The predicted octanol–water partition coefficient (Wildman–Crippen LogP) is 4.97. The number of rotatable bonds is 7. The zero-order chi connectivity index (χ0) is 22.7. The Kier molecular flexibility index (Phi) is 5.97. The van der Waals surface area contributed by atoms with Gasteiger partial charge in [0.2, 0.25) is 0 Å². The third kappa shape index (κ3) is 3.74. The van der Waals surface area contributed by atoms with Crippen molar-refractivity contribution in [3.8, 4) is 18.0 Å². The van der Waals surface area contributed by atoms with Gasteiger partial charge < -0.3 is 0 Å². The lowest BCUT2D eigenvalue weighted by Gasteiger charge is -2.08. The Hall–Kier alpha value is -3.63. The van der Waals surface area contributed by atoms with Crippen molar-refractivity contribution in [3.05, 3.63) is 78.4 Å². The van der Waals surface area contributed by atoms with Crippen molar-refractivity contribution in [3.63, 3.8) is 0 Å². The van der Waals surface area contributed by atoms with E-state index in [0.29, 0.717) is 17.8 Å². The van der Waals surface area contributed by atoms with Gasteiger partial charge in [-0.2, -0.15) is 5.10 Å². The molecule has 3 heterocycles. The molecule has 4 aromatic rings. The fourth-order valence-electron chi connectivity index (χ4n) is 3.85. The molecule has 0 bridgehead atoms. The molecule has 0 saturated heterocycles. The van der Waals surface area contributed by atoms with Crippen LogP contribution in [0.15, 0.2) is 72.0 Å². The summed E-state index contributed by atoms with van der Waals surface area (Å²) in [6.07, 6.45) is 14.3. The number of hydrogen-bond donors (Lipinski definition) is 0. The summed E-state index contributed by atoms with van der Waals surface area (Å²) < 4.78 is 30.4. The summed E-state index contributed by atoms with van der Waals surface area (Å²) in [5, 5.41) is 5.12. The molecule has 0 amide bonds. The number of fused-ring (bicyclic) bond motifs is 1. The molecule has 0 aliphatic carbocycles. The summed E-state index contributed by atoms with van der Waals surface area (Å²) in [5.41, 5.74) is 3.57. The quantitative estimate of drug-likeness (QED) is 0.377. The minimum atomic E-state index is -3.93. The van der Waals surface area contributed by atoms with Crippen molar-refractivity contribution in [2.75, 3.05) is 0 Å². The lowest BCUT2D eigenvalue weighted by Crippen LogP contribution is -2.13. The van der Waals surface area contributed by atoms with Crippen molar-refractivity contribution in [2.24, 2.45) is 0 Å². The van der Waals surface area contributed by atoms with Crippen LogP contribution in [0.1, 0.15) is 37.4 Å². The summed E-state index contributed by atoms with van der Waals surface area (Å²) in [6.45, 7) is 3.83. The van der Waals surface area contributed by atoms with Gasteiger partial charge in [-0.1, -0.05) is 37.6 Å². The van der Waals surface area contributed by atoms with Crippen LogP contribution in [0, 0.1) is 19.3 Å². The number of pyridine rings is 1. The molecule has 0 radical (unpaired) electrons. The minimum Gasteiger partial charge on any atom is -0.237 e. The molecule has 7 heteroatoms. The number of para-hydroxylation sites is 1. The number of aromatic nitrogens is 4. The van der Waals surface area contributed by atoms with Crippen LogP contribution >= 0.6 is 0 Å². The maximum atomic E-state index is 13.7. The second-order valence-electron chi connectivity index (χ2n) is 7.45. The van der Waals surface area contributed by atoms with E-state index in [4.69, 9.17) is 6.42 Å². The van der Waals surface area contributed by atoms with Crippen molar-refractivity contribution >= 4 is 26.6 Å². The maximum absolute atomic E-state index is 13.7. The number of nitrogens with zero attached hydrogens (tertiary/aromatic N) is 4. The van der Waals surface area contributed by atoms with Crippen LogP contribution in [0.4, 0.5) is 0 Å². The Bertz CT molecular complexity index is 1440. The maximum Gasteiger partial charge on any atom is 0.272 e. The minimum absolute atomic E-state index is 0.139. The Balaban J connectivity index is 1.89. The summed E-state index contributed by atoms with van der Waals surface area (Å²) in [6, 6.07) is 13.1. The van der Waals surface area contributed by atoms with Crippen molar-refractivity contribution in [2.45, 2.75) is 38.0 Å². The SMILES string of the molecule is C#CC/C=C(\CCC)c1cn(S(=O)(=O)c2cnn(-c3ccccc3)c2C)c2ncccc12. The van der Waals surface area contributed by atoms with Crippen LogP contribution in [-0.2, 0) is 10.0 Å². The normalized spacial score (nSPS) is 12.2. The van der Waals surface area contributed by atoms with Crippen LogP contribution in [0.5, 0.6) is 0 Å². The lowest BCUT2D eigenvalue weighted by molar-refractivity contribution is 0.588. The van der Waals surface area contributed by atoms with Crippen LogP contribution in [0.3, 0.4) is 0 Å². The van der Waals surface area contributed by atoms with E-state index in [2.05, 4.69) is 22.9 Å². The van der Waals surface area contributed by atoms with Gasteiger partial charge in [-0.3, -0.25) is 0 Å². The van der Waals surface area contributed by atoms with Crippen LogP contribution in [0.25, 0.3) is 22.3 Å². The van der Waals surface area contributed by atoms with Gasteiger partial charge in [0, 0.05) is 29.8 Å². The number of terminal acetylenes is 1. The number of benzene rings is 1. The van der Waals surface area contributed by atoms with Gasteiger partial charge >= 0.3 is 0 Å². The standard InChI is InChI=1S/C25H24N4O2S/c1-4-6-12-20(11-5-2)23-18-28(25-22(23)15-10-16-26-25)32(30,31)24-17-27-29(19(24)3)21-13-8-7-9-14-21/h1,7-10,12-18H,5-6,11H2,2-3H3/b20-12+. The van der Waals surface area contributed by atoms with E-state index in [9.17, 15) is 8.42 Å². The molecule has 0 atom stereocenters. The Morgan fingerprint density at radius 2 is 1.97 bits per heavy atom. The molecule has 0 spiro atoms. The monoisotopic (exact) mass is 444 g/mol. The average molecular weight is 445 g/mol. The van der Waals surface area contributed by atoms with Crippen molar-refractivity contribution in [1.29, 1.82) is 0 Å². The Morgan fingerprint density at radius 1 is 1.19 bits per heavy atom. The smallest absolute Gasteiger partial charge is 0.237 e. The van der Waals surface area contributed by atoms with Crippen LogP contribution < -0.4 is 0 Å². The first kappa shape index (κ1) is 21.6. The molecule has 0 aliphatic heterocycles. The fourth-order valence-corrected chi connectivity index (χ4v) is 5.32. The highest BCUT2D eigenvalue weighted by molar-refractivity contribution is 7.90. The largest absolute Gasteiger partial charge is 0.272 e. The molecule has 0 unspecified atom stereocenters. The van der Waals surface area contributed by atoms with Gasteiger partial charge in [-0.15, -0.1) is 12.3 Å². The highest BCUT2D eigenvalue weighted by Gasteiger charge is 2.27. The van der Waals surface area contributed by atoms with Crippen LogP contribution in [0.2, 0.25) is 0 Å². The van der Waals surface area contributed by atoms with Gasteiger partial charge in [0.05, 0.1) is 17.6 Å². The first-order valence-corrected chi connectivity index (χ1v) is 11.9. The lowest BCUT2D eigenvalue weighted by atomic mass is 10.0. The summed E-state index contributed by atoms with van der Waals surface area (Å²) >= 11 is 0. The third-order valence-corrected chi connectivity index (χ3v) is 7.12. The Morgan fingerprint density at radius 3 is 2.69 bits per heavy atom. The van der Waals surface area contributed by atoms with Gasteiger partial charge in [0.25, 0.3) is 10.0 Å². The first-order valence-electron chi connectivity index (χ1n) is 10.4. The topological polar surface area (TPSA) is 69.8 Å².